The summed E-state index contributed by atoms with van der Waals surface area (Å²) in [7, 11) is 0. The van der Waals surface area contributed by atoms with E-state index in [2.05, 4.69) is 17.6 Å². The van der Waals surface area contributed by atoms with Gasteiger partial charge in [0.1, 0.15) is 0 Å². The van der Waals surface area contributed by atoms with Crippen molar-refractivity contribution in [3.63, 3.8) is 0 Å². The lowest BCUT2D eigenvalue weighted by Gasteiger charge is -2.07. The maximum Gasteiger partial charge on any atom is 0.171 e. The Morgan fingerprint density at radius 1 is 1.36 bits per heavy atom. The van der Waals surface area contributed by atoms with Gasteiger partial charge in [-0.2, -0.15) is 0 Å². The van der Waals surface area contributed by atoms with Gasteiger partial charge in [-0.1, -0.05) is 25.6 Å². The highest BCUT2D eigenvalue weighted by molar-refractivity contribution is 7.81. The van der Waals surface area contributed by atoms with Crippen LogP contribution in [0.25, 0.3) is 0 Å². The van der Waals surface area contributed by atoms with Crippen LogP contribution in [0.3, 0.4) is 0 Å². The average Bonchev–Trinajstić information content (AvgIpc) is 1.86. The van der Waals surface area contributed by atoms with Crippen LogP contribution in [-0.4, -0.2) is 16.6 Å². The smallest absolute Gasteiger partial charge is 0.171 e. The fourth-order valence-electron chi connectivity index (χ4n) is 0.583. The second-order valence-corrected chi connectivity index (χ2v) is 3.31. The molecule has 0 unspecified atom stereocenters. The van der Waals surface area contributed by atoms with Gasteiger partial charge in [-0.15, -0.1) is 0 Å². The first-order valence-corrected chi connectivity index (χ1v) is 4.54. The number of nitrogens with one attached hydrogen (secondary N) is 2. The predicted octanol–water partition coefficient (Wildman–Crippen LogP) is 1.60. The van der Waals surface area contributed by atoms with Crippen molar-refractivity contribution < 1.29 is 0 Å². The van der Waals surface area contributed by atoms with E-state index in [1.807, 2.05) is 6.92 Å². The Bertz CT molecular complexity index is 145. The van der Waals surface area contributed by atoms with Crippen molar-refractivity contribution in [1.82, 2.24) is 10.6 Å². The highest BCUT2D eigenvalue weighted by Crippen LogP contribution is 1.82. The number of rotatable bonds is 3. The number of hydrogen-bond acceptors (Lipinski definition) is 2. The molecule has 4 heteroatoms. The number of hydrogen-bond donors (Lipinski definition) is 2. The molecular weight excluding hydrogens is 176 g/mol. The molecule has 2 N–H and O–H groups in total. The van der Waals surface area contributed by atoms with Gasteiger partial charge in [0.25, 0.3) is 0 Å². The summed E-state index contributed by atoms with van der Waals surface area (Å²) in [6.07, 6.45) is 2.31. The largest absolute Gasteiger partial charge is 0.362 e. The summed E-state index contributed by atoms with van der Waals surface area (Å²) >= 11 is 9.75. The second-order valence-electron chi connectivity index (χ2n) is 2.29. The molecule has 0 radical (unpaired) electrons. The first kappa shape index (κ1) is 10.8. The lowest BCUT2D eigenvalue weighted by molar-refractivity contribution is 0.753. The maximum absolute atomic E-state index is 4.93. The quantitative estimate of drug-likeness (QED) is 0.521. The molecule has 0 saturated carbocycles. The van der Waals surface area contributed by atoms with Crippen LogP contribution in [0.15, 0.2) is 0 Å². The van der Waals surface area contributed by atoms with Crippen LogP contribution in [0, 0.1) is 0 Å². The minimum Gasteiger partial charge on any atom is -0.362 e. The summed E-state index contributed by atoms with van der Waals surface area (Å²) in [5.74, 6) is 0. The van der Waals surface area contributed by atoms with Gasteiger partial charge in [0.2, 0.25) is 0 Å². The predicted molar refractivity (Wildman–Crippen MR) is 56.9 cm³/mol. The third kappa shape index (κ3) is 7.68. The molecule has 0 aromatic carbocycles. The molecule has 11 heavy (non-hydrogen) atoms. The Morgan fingerprint density at radius 3 is 2.45 bits per heavy atom. The summed E-state index contributed by atoms with van der Waals surface area (Å²) in [5, 5.41) is 6.53. The van der Waals surface area contributed by atoms with E-state index in [0.717, 1.165) is 13.0 Å². The van der Waals surface area contributed by atoms with E-state index in [0.29, 0.717) is 10.1 Å². The third-order valence-corrected chi connectivity index (χ3v) is 1.45. The first-order chi connectivity index (χ1) is 5.16. The number of thiocarbonyl (C=S) groups is 2. The Hall–Kier alpha value is -0.220. The summed E-state index contributed by atoms with van der Waals surface area (Å²) in [6, 6.07) is 0. The van der Waals surface area contributed by atoms with E-state index in [1.165, 1.54) is 6.42 Å². The van der Waals surface area contributed by atoms with Gasteiger partial charge >= 0.3 is 0 Å². The van der Waals surface area contributed by atoms with Gasteiger partial charge < -0.3 is 10.6 Å². The Morgan fingerprint density at radius 2 is 2.00 bits per heavy atom. The lowest BCUT2D eigenvalue weighted by atomic mass is 10.3. The molecular formula is C7H14N2S2. The van der Waals surface area contributed by atoms with E-state index in [1.54, 1.807) is 0 Å². The van der Waals surface area contributed by atoms with Gasteiger partial charge in [0.15, 0.2) is 5.11 Å². The van der Waals surface area contributed by atoms with Crippen molar-refractivity contribution in [3.8, 4) is 0 Å². The molecule has 0 atom stereocenters. The topological polar surface area (TPSA) is 24.1 Å². The van der Waals surface area contributed by atoms with Crippen molar-refractivity contribution in [1.29, 1.82) is 0 Å². The lowest BCUT2D eigenvalue weighted by Crippen LogP contribution is -2.37. The van der Waals surface area contributed by atoms with Crippen molar-refractivity contribution >= 4 is 34.5 Å². The molecule has 64 valence electrons. The summed E-state index contributed by atoms with van der Waals surface area (Å²) < 4.78 is 0. The van der Waals surface area contributed by atoms with Gasteiger partial charge in [0.05, 0.1) is 4.99 Å². The Kier molecular flexibility index (Phi) is 6.36. The highest BCUT2D eigenvalue weighted by atomic mass is 32.1. The van der Waals surface area contributed by atoms with Crippen LogP contribution in [0.2, 0.25) is 0 Å². The van der Waals surface area contributed by atoms with Crippen LogP contribution in [0.4, 0.5) is 0 Å². The SMILES string of the molecule is CCCCNC(=S)NC(C)=S. The molecule has 0 aliphatic carbocycles. The number of unbranched alkanes of at least 4 members (excludes halogenated alkanes) is 1. The molecule has 0 saturated heterocycles. The zero-order valence-electron chi connectivity index (χ0n) is 6.94. The van der Waals surface area contributed by atoms with Crippen molar-refractivity contribution in [2.45, 2.75) is 26.7 Å². The Labute approximate surface area is 78.7 Å². The summed E-state index contributed by atoms with van der Waals surface area (Å²) in [4.78, 5) is 0.707. The standard InChI is InChI=1S/C7H14N2S2/c1-3-4-5-8-7(11)9-6(2)10/h3-5H2,1-2H3,(H2,8,9,10,11). The summed E-state index contributed by atoms with van der Waals surface area (Å²) in [5.41, 5.74) is 0. The van der Waals surface area contributed by atoms with E-state index in [9.17, 15) is 0 Å². The second kappa shape index (κ2) is 6.49. The molecule has 0 rings (SSSR count). The van der Waals surface area contributed by atoms with E-state index in [4.69, 9.17) is 24.4 Å². The molecule has 0 aliphatic rings. The van der Waals surface area contributed by atoms with Crippen LogP contribution in [0.1, 0.15) is 26.7 Å². The molecule has 0 fully saturated rings. The van der Waals surface area contributed by atoms with E-state index in [-0.39, 0.29) is 0 Å². The molecule has 0 bridgehead atoms. The zero-order chi connectivity index (χ0) is 8.69. The van der Waals surface area contributed by atoms with Gasteiger partial charge in [-0.05, 0) is 25.6 Å². The molecule has 0 aliphatic heterocycles. The molecule has 2 nitrogen and oxygen atoms in total. The van der Waals surface area contributed by atoms with Gasteiger partial charge in [-0.3, -0.25) is 0 Å². The van der Waals surface area contributed by atoms with Crippen LogP contribution < -0.4 is 10.6 Å². The van der Waals surface area contributed by atoms with Crippen molar-refractivity contribution in [2.24, 2.45) is 0 Å². The molecule has 0 aromatic heterocycles. The van der Waals surface area contributed by atoms with Gasteiger partial charge in [0, 0.05) is 6.54 Å². The van der Waals surface area contributed by atoms with E-state index >= 15 is 0 Å². The molecule has 0 heterocycles. The monoisotopic (exact) mass is 190 g/mol. The van der Waals surface area contributed by atoms with Crippen LogP contribution in [0.5, 0.6) is 0 Å². The van der Waals surface area contributed by atoms with Crippen molar-refractivity contribution in [3.05, 3.63) is 0 Å². The molecule has 0 aromatic rings. The normalized spacial score (nSPS) is 8.91. The molecule has 0 spiro atoms. The fraction of sp³-hybridized carbons (Fsp3) is 0.714. The minimum atomic E-state index is 0.631. The van der Waals surface area contributed by atoms with Crippen LogP contribution in [-0.2, 0) is 0 Å². The van der Waals surface area contributed by atoms with Crippen molar-refractivity contribution in [2.75, 3.05) is 6.54 Å². The zero-order valence-corrected chi connectivity index (χ0v) is 8.57. The first-order valence-electron chi connectivity index (χ1n) is 3.72. The fourth-order valence-corrected chi connectivity index (χ4v) is 1.00. The van der Waals surface area contributed by atoms with Gasteiger partial charge in [-0.25, -0.2) is 0 Å². The average molecular weight is 190 g/mol. The van der Waals surface area contributed by atoms with E-state index < -0.39 is 0 Å². The van der Waals surface area contributed by atoms with Crippen LogP contribution >= 0.6 is 24.4 Å². The maximum atomic E-state index is 4.93. The minimum absolute atomic E-state index is 0.631. The summed E-state index contributed by atoms with van der Waals surface area (Å²) in [6.45, 7) is 4.87. The molecule has 0 amide bonds. The Balaban J connectivity index is 3.30. The highest BCUT2D eigenvalue weighted by Gasteiger charge is 1.92. The third-order valence-electron chi connectivity index (χ3n) is 1.11.